The Morgan fingerprint density at radius 2 is 1.65 bits per heavy atom. The highest BCUT2D eigenvalue weighted by atomic mass is 16.2. The fourth-order valence-corrected chi connectivity index (χ4v) is 5.37. The summed E-state index contributed by atoms with van der Waals surface area (Å²) in [5.74, 6) is -0.868. The molecule has 3 N–H and O–H groups in total. The third kappa shape index (κ3) is 10.3. The molecule has 2 unspecified atom stereocenters. The van der Waals surface area contributed by atoms with Crippen molar-refractivity contribution in [3.63, 3.8) is 0 Å². The maximum Gasteiger partial charge on any atom is 0.243 e. The Balaban J connectivity index is 1.45. The Bertz CT molecular complexity index is 1310. The number of unbranched alkanes of at least 4 members (excludes halogenated alkanes) is 2. The summed E-state index contributed by atoms with van der Waals surface area (Å²) in [5, 5.41) is 9.05. The molecule has 1 aliphatic heterocycles. The van der Waals surface area contributed by atoms with Crippen LogP contribution in [0.5, 0.6) is 0 Å². The van der Waals surface area contributed by atoms with Crippen LogP contribution in [-0.2, 0) is 40.8 Å². The fraction of sp³-hybridized carbons (Fsp3) is 0.531. The largest absolute Gasteiger partial charge is 0.351 e. The summed E-state index contributed by atoms with van der Waals surface area (Å²) in [4.78, 5) is 51.2. The number of nitrogens with zero attached hydrogens (tertiary/aromatic N) is 5. The topological polar surface area (TPSA) is 126 Å². The van der Waals surface area contributed by atoms with Gasteiger partial charge in [0.1, 0.15) is 12.1 Å². The van der Waals surface area contributed by atoms with Crippen molar-refractivity contribution in [2.45, 2.75) is 83.0 Å². The van der Waals surface area contributed by atoms with Crippen molar-refractivity contribution in [1.82, 2.24) is 40.0 Å². The quantitative estimate of drug-likeness (QED) is 0.233. The molecule has 11 heteroatoms. The highest BCUT2D eigenvalue weighted by molar-refractivity contribution is 5.92. The average molecular weight is 591 g/mol. The van der Waals surface area contributed by atoms with Crippen LogP contribution < -0.4 is 16.0 Å². The van der Waals surface area contributed by atoms with Crippen molar-refractivity contribution in [3.05, 3.63) is 72.3 Å². The standard InChI is InChI=1S/C32H46N8O3/c1-4-5-7-12-28(36-30(41)18-27-20-39(3)22-33-27)31(42)37-29(32(43)35-25-13-15-38(2)16-14-25)17-26-21-40(23-34-26)19-24-10-8-6-9-11-24/h6,8-11,20-23,25,28-29H,4-5,7,12-19H2,1-3H3,(H,35,43)(H,36,41)(H,37,42). The van der Waals surface area contributed by atoms with Crippen molar-refractivity contribution in [2.75, 3.05) is 20.1 Å². The van der Waals surface area contributed by atoms with Crippen LogP contribution in [0.15, 0.2) is 55.4 Å². The molecule has 0 aliphatic carbocycles. The van der Waals surface area contributed by atoms with E-state index in [0.29, 0.717) is 24.4 Å². The van der Waals surface area contributed by atoms with Crippen LogP contribution in [0.4, 0.5) is 0 Å². The summed E-state index contributed by atoms with van der Waals surface area (Å²) in [6, 6.07) is 8.56. The van der Waals surface area contributed by atoms with Crippen molar-refractivity contribution in [1.29, 1.82) is 0 Å². The van der Waals surface area contributed by atoms with Gasteiger partial charge in [-0.15, -0.1) is 0 Å². The second kappa shape index (κ2) is 16.0. The summed E-state index contributed by atoms with van der Waals surface area (Å²) in [6.45, 7) is 4.57. The Hall–Kier alpha value is -3.99. The number of aromatic nitrogens is 4. The summed E-state index contributed by atoms with van der Waals surface area (Å²) >= 11 is 0. The molecular formula is C32H46N8O3. The van der Waals surface area contributed by atoms with E-state index in [0.717, 1.165) is 50.8 Å². The zero-order valence-electron chi connectivity index (χ0n) is 25.7. The van der Waals surface area contributed by atoms with E-state index in [1.807, 2.05) is 36.0 Å². The van der Waals surface area contributed by atoms with E-state index in [2.05, 4.69) is 56.9 Å². The zero-order chi connectivity index (χ0) is 30.6. The zero-order valence-corrected chi connectivity index (χ0v) is 25.7. The lowest BCUT2D eigenvalue weighted by Crippen LogP contribution is -2.56. The SMILES string of the molecule is CCCCCC(NC(=O)Cc1cn(C)cn1)C(=O)NC(Cc1cn(Cc2ccccc2)cn1)C(=O)NC1CCN(C)CC1. The number of nitrogens with one attached hydrogen (secondary N) is 3. The lowest BCUT2D eigenvalue weighted by atomic mass is 10.0. The highest BCUT2D eigenvalue weighted by Crippen LogP contribution is 2.12. The van der Waals surface area contributed by atoms with Gasteiger partial charge in [0.25, 0.3) is 0 Å². The van der Waals surface area contributed by atoms with E-state index >= 15 is 0 Å². The van der Waals surface area contributed by atoms with Gasteiger partial charge in [-0.1, -0.05) is 56.5 Å². The molecule has 2 atom stereocenters. The molecule has 2 aromatic heterocycles. The molecule has 1 saturated heterocycles. The number of piperidine rings is 1. The molecule has 3 heterocycles. The van der Waals surface area contributed by atoms with Crippen LogP contribution in [-0.4, -0.2) is 80.0 Å². The Labute approximate surface area is 254 Å². The number of aryl methyl sites for hydroxylation is 1. The van der Waals surface area contributed by atoms with Gasteiger partial charge in [0.15, 0.2) is 0 Å². The molecule has 1 aliphatic rings. The predicted molar refractivity (Wildman–Crippen MR) is 165 cm³/mol. The number of likely N-dealkylation sites (tertiary alicyclic amines) is 1. The molecule has 0 spiro atoms. The summed E-state index contributed by atoms with van der Waals surface area (Å²) in [6.07, 6.45) is 12.3. The fourth-order valence-electron chi connectivity index (χ4n) is 5.37. The summed E-state index contributed by atoms with van der Waals surface area (Å²) in [5.41, 5.74) is 2.49. The maximum atomic E-state index is 13.7. The van der Waals surface area contributed by atoms with E-state index in [4.69, 9.17) is 0 Å². The molecule has 0 radical (unpaired) electrons. The number of imidazole rings is 2. The minimum absolute atomic E-state index is 0.0529. The predicted octanol–water partition coefficient (Wildman–Crippen LogP) is 2.21. The second-order valence-corrected chi connectivity index (χ2v) is 11.7. The number of benzene rings is 1. The number of hydrogen-bond donors (Lipinski definition) is 3. The number of rotatable bonds is 15. The van der Waals surface area contributed by atoms with Crippen molar-refractivity contribution >= 4 is 17.7 Å². The number of amides is 3. The molecule has 1 fully saturated rings. The van der Waals surface area contributed by atoms with Crippen LogP contribution in [0.3, 0.4) is 0 Å². The van der Waals surface area contributed by atoms with Gasteiger partial charge in [-0.05, 0) is 45.0 Å². The summed E-state index contributed by atoms with van der Waals surface area (Å²) in [7, 11) is 3.92. The van der Waals surface area contributed by atoms with Gasteiger partial charge in [-0.2, -0.15) is 0 Å². The molecule has 0 saturated carbocycles. The highest BCUT2D eigenvalue weighted by Gasteiger charge is 2.29. The Morgan fingerprint density at radius 3 is 2.35 bits per heavy atom. The van der Waals surface area contributed by atoms with Gasteiger partial charge in [0, 0.05) is 38.4 Å². The smallest absolute Gasteiger partial charge is 0.243 e. The first kappa shape index (κ1) is 31.9. The van der Waals surface area contributed by atoms with Crippen LogP contribution in [0, 0.1) is 0 Å². The van der Waals surface area contributed by atoms with Crippen LogP contribution in [0.25, 0.3) is 0 Å². The Morgan fingerprint density at radius 1 is 0.907 bits per heavy atom. The van der Waals surface area contributed by atoms with Crippen molar-refractivity contribution in [2.24, 2.45) is 7.05 Å². The van der Waals surface area contributed by atoms with Gasteiger partial charge in [0.05, 0.1) is 30.5 Å². The minimum atomic E-state index is -0.825. The average Bonchev–Trinajstić information content (AvgIpc) is 3.61. The lowest BCUT2D eigenvalue weighted by molar-refractivity contribution is -0.132. The third-order valence-electron chi connectivity index (χ3n) is 7.85. The van der Waals surface area contributed by atoms with Gasteiger partial charge >= 0.3 is 0 Å². The lowest BCUT2D eigenvalue weighted by Gasteiger charge is -2.31. The van der Waals surface area contributed by atoms with Gasteiger partial charge in [-0.25, -0.2) is 9.97 Å². The van der Waals surface area contributed by atoms with Gasteiger partial charge in [0.2, 0.25) is 17.7 Å². The van der Waals surface area contributed by atoms with Crippen molar-refractivity contribution < 1.29 is 14.4 Å². The second-order valence-electron chi connectivity index (χ2n) is 11.7. The number of carbonyl (C=O) groups excluding carboxylic acids is 3. The van der Waals surface area contributed by atoms with E-state index in [1.54, 1.807) is 23.4 Å². The number of carbonyl (C=O) groups is 3. The molecule has 3 amide bonds. The van der Waals surface area contributed by atoms with Crippen LogP contribution >= 0.6 is 0 Å². The molecule has 4 rings (SSSR count). The molecule has 232 valence electrons. The van der Waals surface area contributed by atoms with E-state index < -0.39 is 12.1 Å². The maximum absolute atomic E-state index is 13.7. The molecule has 0 bridgehead atoms. The van der Waals surface area contributed by atoms with E-state index in [9.17, 15) is 14.4 Å². The van der Waals surface area contributed by atoms with Gasteiger partial charge in [-0.3, -0.25) is 14.4 Å². The van der Waals surface area contributed by atoms with Crippen LogP contribution in [0.1, 0.15) is 62.4 Å². The molecule has 3 aromatic rings. The first-order valence-corrected chi connectivity index (χ1v) is 15.4. The van der Waals surface area contributed by atoms with E-state index in [1.165, 1.54) is 0 Å². The molecule has 1 aromatic carbocycles. The summed E-state index contributed by atoms with van der Waals surface area (Å²) < 4.78 is 3.76. The number of hydrogen-bond acceptors (Lipinski definition) is 6. The van der Waals surface area contributed by atoms with Crippen molar-refractivity contribution in [3.8, 4) is 0 Å². The van der Waals surface area contributed by atoms with Crippen LogP contribution in [0.2, 0.25) is 0 Å². The molecular weight excluding hydrogens is 544 g/mol. The van der Waals surface area contributed by atoms with E-state index in [-0.39, 0.29) is 36.6 Å². The monoisotopic (exact) mass is 590 g/mol. The first-order chi connectivity index (χ1) is 20.8. The first-order valence-electron chi connectivity index (χ1n) is 15.4. The Kier molecular flexibility index (Phi) is 11.9. The third-order valence-corrected chi connectivity index (χ3v) is 7.85. The normalized spacial score (nSPS) is 15.5. The minimum Gasteiger partial charge on any atom is -0.351 e. The molecule has 11 nitrogen and oxygen atoms in total. The van der Waals surface area contributed by atoms with Gasteiger partial charge < -0.3 is 30.0 Å². The molecule has 43 heavy (non-hydrogen) atoms.